The van der Waals surface area contributed by atoms with Gasteiger partial charge in [0.2, 0.25) is 0 Å². The molecule has 1 atom stereocenters. The third-order valence-corrected chi connectivity index (χ3v) is 4.46. The van der Waals surface area contributed by atoms with Crippen molar-refractivity contribution in [2.45, 2.75) is 38.1 Å². The Morgan fingerprint density at radius 2 is 1.90 bits per heavy atom. The molecule has 2 fully saturated rings. The zero-order valence-electron chi connectivity index (χ0n) is 13.7. The van der Waals surface area contributed by atoms with E-state index in [0.29, 0.717) is 11.6 Å². The summed E-state index contributed by atoms with van der Waals surface area (Å²) in [6.07, 6.45) is 8.67. The molecule has 1 saturated carbocycles. The summed E-state index contributed by atoms with van der Waals surface area (Å²) in [6.45, 7) is 2.47. The maximum Gasteiger partial charge on any atom is 1.00 e. The summed E-state index contributed by atoms with van der Waals surface area (Å²) in [5, 5.41) is 8.93. The number of benzene rings is 1. The minimum Gasteiger partial charge on any atom is -1.00 e. The van der Waals surface area contributed by atoms with Crippen LogP contribution in [0.1, 0.15) is 49.5 Å². The van der Waals surface area contributed by atoms with Crippen molar-refractivity contribution in [1.82, 2.24) is 4.90 Å². The monoisotopic (exact) mass is 295 g/mol. The molecule has 2 aliphatic rings. The van der Waals surface area contributed by atoms with Crippen molar-refractivity contribution in [3.8, 4) is 0 Å². The van der Waals surface area contributed by atoms with Crippen LogP contribution >= 0.6 is 0 Å². The Bertz CT molecular complexity index is 526. The largest absolute Gasteiger partial charge is 1.00 e. The molecule has 108 valence electrons. The van der Waals surface area contributed by atoms with E-state index in [2.05, 4.69) is 11.0 Å². The maximum absolute atomic E-state index is 10.9. The van der Waals surface area contributed by atoms with Gasteiger partial charge in [0.25, 0.3) is 0 Å². The molecule has 0 bridgehead atoms. The number of hydrogen-bond donors (Lipinski definition) is 1. The van der Waals surface area contributed by atoms with Crippen LogP contribution in [0.3, 0.4) is 0 Å². The van der Waals surface area contributed by atoms with Crippen molar-refractivity contribution in [3.05, 3.63) is 41.0 Å². The topological polar surface area (TPSA) is 40.5 Å². The van der Waals surface area contributed by atoms with Gasteiger partial charge in [0.1, 0.15) is 0 Å². The van der Waals surface area contributed by atoms with Crippen LogP contribution in [0.5, 0.6) is 0 Å². The van der Waals surface area contributed by atoms with Gasteiger partial charge in [-0.25, -0.2) is 4.79 Å². The molecule has 0 amide bonds. The molecule has 1 aliphatic carbocycles. The van der Waals surface area contributed by atoms with Crippen molar-refractivity contribution in [3.63, 3.8) is 0 Å². The first-order chi connectivity index (χ1) is 9.74. The number of carboxylic acid groups (broad SMARTS) is 1. The Morgan fingerprint density at radius 3 is 2.48 bits per heavy atom. The SMILES string of the molecule is O=C(O)c1ccc(/C=C2/CCCCC2N2CCC2)cc1.[H-].[Na+]. The van der Waals surface area contributed by atoms with Gasteiger partial charge in [-0.1, -0.05) is 30.2 Å². The van der Waals surface area contributed by atoms with E-state index in [1.807, 2.05) is 12.1 Å². The molecule has 3 rings (SSSR count). The fourth-order valence-corrected chi connectivity index (χ4v) is 3.19. The molecule has 1 N–H and O–H groups in total. The van der Waals surface area contributed by atoms with Crippen molar-refractivity contribution in [2.24, 2.45) is 0 Å². The number of aromatic carboxylic acids is 1. The van der Waals surface area contributed by atoms with Crippen LogP contribution in [-0.2, 0) is 0 Å². The van der Waals surface area contributed by atoms with Crippen LogP contribution in [0.4, 0.5) is 0 Å². The minimum absolute atomic E-state index is 0. The summed E-state index contributed by atoms with van der Waals surface area (Å²) in [5.74, 6) is -0.861. The van der Waals surface area contributed by atoms with Gasteiger partial charge in [-0.3, -0.25) is 4.90 Å². The number of carbonyl (C=O) groups is 1. The van der Waals surface area contributed by atoms with Crippen LogP contribution < -0.4 is 29.6 Å². The summed E-state index contributed by atoms with van der Waals surface area (Å²) >= 11 is 0. The Balaban J connectivity index is 0.00000121. The molecular formula is C17H22NNaO2. The zero-order chi connectivity index (χ0) is 13.9. The second kappa shape index (κ2) is 7.59. The van der Waals surface area contributed by atoms with Crippen molar-refractivity contribution in [1.29, 1.82) is 0 Å². The summed E-state index contributed by atoms with van der Waals surface area (Å²) in [6, 6.07) is 7.83. The summed E-state index contributed by atoms with van der Waals surface area (Å²) in [7, 11) is 0. The average molecular weight is 295 g/mol. The molecule has 3 nitrogen and oxygen atoms in total. The number of likely N-dealkylation sites (tertiary alicyclic amines) is 1. The molecule has 1 unspecified atom stereocenters. The quantitative estimate of drug-likeness (QED) is 0.827. The van der Waals surface area contributed by atoms with E-state index in [1.165, 1.54) is 50.8 Å². The van der Waals surface area contributed by atoms with Crippen LogP contribution in [0.15, 0.2) is 29.8 Å². The molecule has 0 aromatic heterocycles. The van der Waals surface area contributed by atoms with Gasteiger partial charge in [0.15, 0.2) is 0 Å². The second-order valence-corrected chi connectivity index (χ2v) is 5.80. The van der Waals surface area contributed by atoms with E-state index < -0.39 is 5.97 Å². The van der Waals surface area contributed by atoms with Crippen molar-refractivity contribution < 1.29 is 40.9 Å². The minimum atomic E-state index is -0.861. The van der Waals surface area contributed by atoms with Gasteiger partial charge in [-0.05, 0) is 56.5 Å². The Morgan fingerprint density at radius 1 is 1.19 bits per heavy atom. The Labute approximate surface area is 149 Å². The first kappa shape index (κ1) is 16.8. The van der Waals surface area contributed by atoms with Gasteiger partial charge < -0.3 is 6.53 Å². The Kier molecular flexibility index (Phi) is 6.06. The van der Waals surface area contributed by atoms with Gasteiger partial charge in [0, 0.05) is 6.04 Å². The van der Waals surface area contributed by atoms with E-state index in [-0.39, 0.29) is 31.0 Å². The zero-order valence-corrected chi connectivity index (χ0v) is 14.7. The fourth-order valence-electron chi connectivity index (χ4n) is 3.19. The van der Waals surface area contributed by atoms with E-state index in [9.17, 15) is 4.79 Å². The number of carboxylic acids is 1. The van der Waals surface area contributed by atoms with E-state index in [4.69, 9.17) is 5.11 Å². The predicted octanol–water partition coefficient (Wildman–Crippen LogP) is 0.533. The Hall–Kier alpha value is -0.610. The summed E-state index contributed by atoms with van der Waals surface area (Å²) in [4.78, 5) is 13.4. The molecule has 1 heterocycles. The second-order valence-electron chi connectivity index (χ2n) is 5.80. The van der Waals surface area contributed by atoms with Crippen LogP contribution in [0.25, 0.3) is 6.08 Å². The van der Waals surface area contributed by atoms with Crippen LogP contribution in [-0.4, -0.2) is 35.1 Å². The van der Waals surface area contributed by atoms with Crippen molar-refractivity contribution in [2.75, 3.05) is 13.1 Å². The molecule has 1 saturated heterocycles. The van der Waals surface area contributed by atoms with Gasteiger partial charge in [-0.2, -0.15) is 0 Å². The molecular weight excluding hydrogens is 273 g/mol. The molecule has 21 heavy (non-hydrogen) atoms. The number of hydrogen-bond acceptors (Lipinski definition) is 2. The van der Waals surface area contributed by atoms with Crippen LogP contribution in [0, 0.1) is 0 Å². The first-order valence-corrected chi connectivity index (χ1v) is 7.52. The molecule has 1 aromatic rings. The number of nitrogens with zero attached hydrogens (tertiary/aromatic N) is 1. The van der Waals surface area contributed by atoms with Gasteiger partial charge >= 0.3 is 35.5 Å². The third-order valence-electron chi connectivity index (χ3n) is 4.46. The van der Waals surface area contributed by atoms with Crippen molar-refractivity contribution >= 4 is 12.0 Å². The van der Waals surface area contributed by atoms with Gasteiger partial charge in [-0.15, -0.1) is 0 Å². The van der Waals surface area contributed by atoms with E-state index >= 15 is 0 Å². The predicted molar refractivity (Wildman–Crippen MR) is 80.9 cm³/mol. The maximum atomic E-state index is 10.9. The van der Waals surface area contributed by atoms with Crippen LogP contribution in [0.2, 0.25) is 0 Å². The fraction of sp³-hybridized carbons (Fsp3) is 0.471. The average Bonchev–Trinajstić information content (AvgIpc) is 2.39. The molecule has 0 spiro atoms. The molecule has 1 aromatic carbocycles. The molecule has 1 aliphatic heterocycles. The normalized spacial score (nSPS) is 24.2. The number of rotatable bonds is 3. The molecule has 0 radical (unpaired) electrons. The van der Waals surface area contributed by atoms with E-state index in [0.717, 1.165) is 5.56 Å². The third kappa shape index (κ3) is 3.98. The summed E-state index contributed by atoms with van der Waals surface area (Å²) < 4.78 is 0. The first-order valence-electron chi connectivity index (χ1n) is 7.52. The molecule has 4 heteroatoms. The standard InChI is InChI=1S/C17H21NO2.Na.H/c19-17(20)14-8-6-13(7-9-14)12-15-4-1-2-5-16(15)18-10-3-11-18;;/h6-9,12,16H,1-5,10-11H2,(H,19,20);;/q;+1;-1/b15-12-;;. The summed E-state index contributed by atoms with van der Waals surface area (Å²) in [5.41, 5.74) is 3.01. The smallest absolute Gasteiger partial charge is 1.00 e. The van der Waals surface area contributed by atoms with Gasteiger partial charge in [0.05, 0.1) is 5.56 Å². The van der Waals surface area contributed by atoms with E-state index in [1.54, 1.807) is 12.1 Å².